The molecule has 4 heteroatoms. The lowest BCUT2D eigenvalue weighted by atomic mass is 9.99. The van der Waals surface area contributed by atoms with Crippen molar-refractivity contribution < 1.29 is 4.79 Å². The number of carbonyl (C=O) groups excluding carboxylic acids is 1. The van der Waals surface area contributed by atoms with Gasteiger partial charge in [0.1, 0.15) is 11.6 Å². The van der Waals surface area contributed by atoms with Crippen LogP contribution in [0.15, 0.2) is 12.4 Å². The fourth-order valence-electron chi connectivity index (χ4n) is 2.60. The Labute approximate surface area is 103 Å². The van der Waals surface area contributed by atoms with Crippen LogP contribution in [-0.4, -0.2) is 32.8 Å². The van der Waals surface area contributed by atoms with E-state index < -0.39 is 0 Å². The van der Waals surface area contributed by atoms with Crippen molar-refractivity contribution in [1.29, 1.82) is 0 Å². The van der Waals surface area contributed by atoms with Crippen LogP contribution >= 0.6 is 0 Å². The summed E-state index contributed by atoms with van der Waals surface area (Å²) in [5, 5.41) is 0. The van der Waals surface area contributed by atoms with E-state index in [9.17, 15) is 4.79 Å². The molecule has 17 heavy (non-hydrogen) atoms. The van der Waals surface area contributed by atoms with Crippen LogP contribution in [0.3, 0.4) is 0 Å². The van der Waals surface area contributed by atoms with E-state index in [1.54, 1.807) is 6.92 Å². The van der Waals surface area contributed by atoms with E-state index in [0.717, 1.165) is 31.9 Å². The van der Waals surface area contributed by atoms with E-state index >= 15 is 0 Å². The topological polar surface area (TPSA) is 38.1 Å². The first-order chi connectivity index (χ1) is 8.22. The molecule has 1 aromatic rings. The highest BCUT2D eigenvalue weighted by Gasteiger charge is 2.26. The minimum Gasteiger partial charge on any atom is -0.334 e. The number of aromatic nitrogens is 2. The van der Waals surface area contributed by atoms with Gasteiger partial charge in [0.05, 0.1) is 12.6 Å². The zero-order valence-electron chi connectivity index (χ0n) is 10.7. The van der Waals surface area contributed by atoms with Gasteiger partial charge in [-0.1, -0.05) is 6.42 Å². The van der Waals surface area contributed by atoms with Crippen molar-refractivity contribution in [3.63, 3.8) is 0 Å². The highest BCUT2D eigenvalue weighted by molar-refractivity contribution is 5.81. The zero-order chi connectivity index (χ0) is 12.3. The lowest BCUT2D eigenvalue weighted by Crippen LogP contribution is -2.43. The summed E-state index contributed by atoms with van der Waals surface area (Å²) in [5.41, 5.74) is 0. The average Bonchev–Trinajstić information content (AvgIpc) is 2.77. The fraction of sp³-hybridized carbons (Fsp3) is 0.692. The predicted molar refractivity (Wildman–Crippen MR) is 66.6 cm³/mol. The quantitative estimate of drug-likeness (QED) is 0.799. The minimum atomic E-state index is 0.103. The number of hydrogen-bond donors (Lipinski definition) is 0. The Morgan fingerprint density at radius 2 is 2.35 bits per heavy atom. The van der Waals surface area contributed by atoms with Gasteiger partial charge in [0.25, 0.3) is 0 Å². The molecular weight excluding hydrogens is 214 g/mol. The van der Waals surface area contributed by atoms with Crippen molar-refractivity contribution in [3.05, 3.63) is 18.2 Å². The van der Waals surface area contributed by atoms with Crippen LogP contribution in [0.25, 0.3) is 0 Å². The Balaban J connectivity index is 2.08. The number of Topliss-reactive ketones (excluding diaryl/α,β-unsaturated/α-hetero) is 1. The molecule has 1 fully saturated rings. The van der Waals surface area contributed by atoms with Crippen LogP contribution in [0.2, 0.25) is 0 Å². The van der Waals surface area contributed by atoms with E-state index in [1.807, 2.05) is 12.4 Å². The Bertz CT molecular complexity index is 386. The molecule has 1 aromatic heterocycles. The molecule has 4 nitrogen and oxygen atoms in total. The molecule has 2 rings (SSSR count). The normalized spacial score (nSPS) is 21.6. The van der Waals surface area contributed by atoms with Crippen molar-refractivity contribution >= 4 is 5.78 Å². The van der Waals surface area contributed by atoms with Gasteiger partial charge in [-0.15, -0.1) is 0 Å². The predicted octanol–water partition coefficient (Wildman–Crippen LogP) is 1.85. The second-order valence-corrected chi connectivity index (χ2v) is 4.72. The van der Waals surface area contributed by atoms with Crippen molar-refractivity contribution in [2.45, 2.75) is 52.2 Å². The van der Waals surface area contributed by atoms with E-state index in [1.165, 1.54) is 12.8 Å². The number of imidazole rings is 1. The van der Waals surface area contributed by atoms with Crippen LogP contribution in [0.1, 0.15) is 38.9 Å². The van der Waals surface area contributed by atoms with Gasteiger partial charge >= 0.3 is 0 Å². The lowest BCUT2D eigenvalue weighted by Gasteiger charge is -2.33. The van der Waals surface area contributed by atoms with Crippen molar-refractivity contribution in [1.82, 2.24) is 14.5 Å². The number of piperidine rings is 1. The summed E-state index contributed by atoms with van der Waals surface area (Å²) in [6.45, 7) is 6.57. The third-order valence-electron chi connectivity index (χ3n) is 3.57. The zero-order valence-corrected chi connectivity index (χ0v) is 10.7. The molecule has 0 radical (unpaired) electrons. The highest BCUT2D eigenvalue weighted by Crippen LogP contribution is 2.19. The minimum absolute atomic E-state index is 0.103. The maximum Gasteiger partial charge on any atom is 0.146 e. The first kappa shape index (κ1) is 12.3. The average molecular weight is 235 g/mol. The Morgan fingerprint density at radius 3 is 3.06 bits per heavy atom. The molecule has 1 atom stereocenters. The van der Waals surface area contributed by atoms with E-state index in [0.29, 0.717) is 5.78 Å². The van der Waals surface area contributed by atoms with Crippen molar-refractivity contribution in [2.24, 2.45) is 0 Å². The van der Waals surface area contributed by atoms with Gasteiger partial charge in [0.2, 0.25) is 0 Å². The van der Waals surface area contributed by atoms with Gasteiger partial charge in [0.15, 0.2) is 0 Å². The molecule has 0 saturated carbocycles. The third-order valence-corrected chi connectivity index (χ3v) is 3.57. The van der Waals surface area contributed by atoms with E-state index in [2.05, 4.69) is 21.4 Å². The number of carbonyl (C=O) groups is 1. The molecule has 1 aliphatic rings. The van der Waals surface area contributed by atoms with Gasteiger partial charge < -0.3 is 4.57 Å². The van der Waals surface area contributed by atoms with Gasteiger partial charge in [-0.25, -0.2) is 4.98 Å². The third kappa shape index (κ3) is 2.75. The fourth-order valence-corrected chi connectivity index (χ4v) is 2.60. The summed E-state index contributed by atoms with van der Waals surface area (Å²) in [7, 11) is 0. The molecule has 0 bridgehead atoms. The smallest absolute Gasteiger partial charge is 0.146 e. The van der Waals surface area contributed by atoms with Crippen LogP contribution in [-0.2, 0) is 17.9 Å². The number of likely N-dealkylation sites (tertiary alicyclic amines) is 1. The maximum atomic E-state index is 11.6. The summed E-state index contributed by atoms with van der Waals surface area (Å²) >= 11 is 0. The van der Waals surface area contributed by atoms with Gasteiger partial charge in [-0.2, -0.15) is 0 Å². The summed E-state index contributed by atoms with van der Waals surface area (Å²) < 4.78 is 2.14. The van der Waals surface area contributed by atoms with E-state index in [-0.39, 0.29) is 6.04 Å². The standard InChI is InChI=1S/C13H21N3O/c1-3-15-9-7-14-13(15)10-16-8-5-4-6-12(16)11(2)17/h7,9,12H,3-6,8,10H2,1-2H3. The van der Waals surface area contributed by atoms with Crippen molar-refractivity contribution in [2.75, 3.05) is 6.54 Å². The summed E-state index contributed by atoms with van der Waals surface area (Å²) in [6, 6.07) is 0.103. The molecule has 0 aromatic carbocycles. The first-order valence-electron chi connectivity index (χ1n) is 6.47. The molecule has 0 amide bonds. The molecule has 0 N–H and O–H groups in total. The molecule has 1 unspecified atom stereocenters. The number of aryl methyl sites for hydroxylation is 1. The molecular formula is C13H21N3O. The summed E-state index contributed by atoms with van der Waals surface area (Å²) in [4.78, 5) is 18.3. The summed E-state index contributed by atoms with van der Waals surface area (Å²) in [5.74, 6) is 1.36. The number of hydrogen-bond acceptors (Lipinski definition) is 3. The molecule has 94 valence electrons. The van der Waals surface area contributed by atoms with Crippen molar-refractivity contribution in [3.8, 4) is 0 Å². The largest absolute Gasteiger partial charge is 0.334 e. The Morgan fingerprint density at radius 1 is 1.53 bits per heavy atom. The molecule has 1 aliphatic heterocycles. The maximum absolute atomic E-state index is 11.6. The van der Waals surface area contributed by atoms with Gasteiger partial charge in [0, 0.05) is 18.9 Å². The second kappa shape index (κ2) is 5.45. The molecule has 0 spiro atoms. The van der Waals surface area contributed by atoms with Gasteiger partial charge in [-0.3, -0.25) is 9.69 Å². The van der Waals surface area contributed by atoms with Crippen LogP contribution in [0.4, 0.5) is 0 Å². The van der Waals surface area contributed by atoms with Crippen LogP contribution in [0.5, 0.6) is 0 Å². The summed E-state index contributed by atoms with van der Waals surface area (Å²) in [6.07, 6.45) is 7.20. The number of nitrogens with zero attached hydrogens (tertiary/aromatic N) is 3. The Hall–Kier alpha value is -1.16. The monoisotopic (exact) mass is 235 g/mol. The SMILES string of the molecule is CCn1ccnc1CN1CCCCC1C(C)=O. The highest BCUT2D eigenvalue weighted by atomic mass is 16.1. The van der Waals surface area contributed by atoms with Crippen LogP contribution in [0, 0.1) is 0 Å². The number of rotatable bonds is 4. The molecule has 1 saturated heterocycles. The first-order valence-corrected chi connectivity index (χ1v) is 6.47. The van der Waals surface area contributed by atoms with Gasteiger partial charge in [-0.05, 0) is 33.2 Å². The van der Waals surface area contributed by atoms with Crippen LogP contribution < -0.4 is 0 Å². The molecule has 2 heterocycles. The number of ketones is 1. The lowest BCUT2D eigenvalue weighted by molar-refractivity contribution is -0.123. The molecule has 0 aliphatic carbocycles. The van der Waals surface area contributed by atoms with E-state index in [4.69, 9.17) is 0 Å². The Kier molecular flexibility index (Phi) is 3.94. The second-order valence-electron chi connectivity index (χ2n) is 4.72.